The Kier molecular flexibility index (Phi) is 11.2. The van der Waals surface area contributed by atoms with Crippen LogP contribution in [0.25, 0.3) is 22.3 Å². The number of nitrogens with zero attached hydrogens (tertiary/aromatic N) is 1. The molecule has 3 amide bonds. The van der Waals surface area contributed by atoms with Crippen molar-refractivity contribution in [2.75, 3.05) is 21.3 Å². The van der Waals surface area contributed by atoms with Crippen LogP contribution >= 0.6 is 0 Å². The molecule has 0 saturated carbocycles. The van der Waals surface area contributed by atoms with Crippen molar-refractivity contribution >= 4 is 23.7 Å². The number of benzene rings is 4. The number of unbranched alkanes of at least 4 members (excludes halogenated alkanes) is 1. The van der Waals surface area contributed by atoms with Crippen LogP contribution in [0.1, 0.15) is 59.8 Å². The quantitative estimate of drug-likeness (QED) is 0.203. The molecule has 1 aliphatic heterocycles. The van der Waals surface area contributed by atoms with E-state index in [2.05, 4.69) is 41.8 Å². The molecule has 4 aromatic rings. The minimum absolute atomic E-state index is 0.0103. The van der Waals surface area contributed by atoms with Gasteiger partial charge in [-0.3, -0.25) is 14.4 Å². The average molecular weight is 678 g/mol. The van der Waals surface area contributed by atoms with Crippen molar-refractivity contribution in [1.29, 1.82) is 0 Å². The molecule has 0 saturated heterocycles. The number of nitrogens with one attached hydrogen (secondary N) is 2. The minimum atomic E-state index is -1.26. The number of aryl methyl sites for hydroxylation is 1. The van der Waals surface area contributed by atoms with Gasteiger partial charge in [0.25, 0.3) is 5.91 Å². The number of hydrogen-bond donors (Lipinski definition) is 3. The third-order valence-electron chi connectivity index (χ3n) is 9.09. The Balaban J connectivity index is 1.54. The van der Waals surface area contributed by atoms with E-state index >= 15 is 0 Å². The Morgan fingerprint density at radius 3 is 2.02 bits per heavy atom. The molecule has 0 aliphatic carbocycles. The maximum absolute atomic E-state index is 14.1. The Morgan fingerprint density at radius 1 is 0.820 bits per heavy atom. The summed E-state index contributed by atoms with van der Waals surface area (Å²) in [5, 5.41) is 15.2. The SMILES string of the molecule is CCCCc1ccc(-c2ccc(C(=O)N(C)C3C(=O)NC(C)C(=O)NC(C(=O)O)Cc4ccc(OC)c(c4)-c4cc3ccc4OC)cc2)cc1. The van der Waals surface area contributed by atoms with E-state index in [1.807, 2.05) is 12.1 Å². The van der Waals surface area contributed by atoms with E-state index in [-0.39, 0.29) is 6.42 Å². The van der Waals surface area contributed by atoms with Gasteiger partial charge in [0.1, 0.15) is 29.6 Å². The largest absolute Gasteiger partial charge is 0.496 e. The third-order valence-corrected chi connectivity index (χ3v) is 9.09. The van der Waals surface area contributed by atoms with E-state index in [0.717, 1.165) is 30.4 Å². The molecule has 50 heavy (non-hydrogen) atoms. The molecular formula is C40H43N3O7. The highest BCUT2D eigenvalue weighted by Crippen LogP contribution is 2.40. The number of carbonyl (C=O) groups excluding carboxylic acids is 3. The lowest BCUT2D eigenvalue weighted by Crippen LogP contribution is -2.53. The Bertz CT molecular complexity index is 1870. The first-order valence-corrected chi connectivity index (χ1v) is 16.7. The van der Waals surface area contributed by atoms with Crippen molar-refractivity contribution in [3.63, 3.8) is 0 Å². The van der Waals surface area contributed by atoms with Crippen molar-refractivity contribution in [3.05, 3.63) is 107 Å². The monoisotopic (exact) mass is 677 g/mol. The molecule has 3 unspecified atom stereocenters. The summed E-state index contributed by atoms with van der Waals surface area (Å²) < 4.78 is 11.4. The van der Waals surface area contributed by atoms with Crippen molar-refractivity contribution in [2.45, 2.75) is 57.7 Å². The van der Waals surface area contributed by atoms with Crippen molar-refractivity contribution in [3.8, 4) is 33.8 Å². The summed E-state index contributed by atoms with van der Waals surface area (Å²) in [6.07, 6.45) is 3.30. The van der Waals surface area contributed by atoms with Gasteiger partial charge in [0.05, 0.1) is 14.2 Å². The summed E-state index contributed by atoms with van der Waals surface area (Å²) in [6, 6.07) is 22.5. The van der Waals surface area contributed by atoms with E-state index in [1.165, 1.54) is 38.7 Å². The summed E-state index contributed by atoms with van der Waals surface area (Å²) in [4.78, 5) is 54.8. The number of fused-ring (bicyclic) bond motifs is 5. The fourth-order valence-corrected chi connectivity index (χ4v) is 6.21. The van der Waals surface area contributed by atoms with E-state index in [0.29, 0.717) is 39.3 Å². The van der Waals surface area contributed by atoms with E-state index < -0.39 is 41.8 Å². The number of aliphatic carboxylic acids is 1. The van der Waals surface area contributed by atoms with Crippen LogP contribution in [0.5, 0.6) is 11.5 Å². The zero-order valence-corrected chi connectivity index (χ0v) is 29.0. The third kappa shape index (κ3) is 7.80. The predicted octanol–water partition coefficient (Wildman–Crippen LogP) is 5.82. The fraction of sp³-hybridized carbons (Fsp3) is 0.300. The summed E-state index contributed by atoms with van der Waals surface area (Å²) in [5.41, 5.74) is 5.92. The van der Waals surface area contributed by atoms with Crippen LogP contribution in [0.2, 0.25) is 0 Å². The first-order chi connectivity index (χ1) is 24.0. The van der Waals surface area contributed by atoms with Crippen molar-refractivity contribution in [2.24, 2.45) is 0 Å². The normalized spacial score (nSPS) is 17.5. The standard InChI is InChI=1S/C40H43N3O7/c1-6-7-8-25-9-12-27(13-10-25)28-14-16-29(17-15-28)39(46)43(3)36-30-18-20-35(50-5)32(23-30)31-21-26(11-19-34(31)49-4)22-33(40(47)48)42-37(44)24(2)41-38(36)45/h9-21,23-24,33,36H,6-8,22H2,1-5H3,(H,41,45)(H,42,44)(H,47,48). The van der Waals surface area contributed by atoms with Crippen molar-refractivity contribution < 1.29 is 33.8 Å². The zero-order valence-electron chi connectivity index (χ0n) is 29.0. The maximum atomic E-state index is 14.1. The van der Waals surface area contributed by atoms with Gasteiger partial charge in [0.2, 0.25) is 11.8 Å². The fourth-order valence-electron chi connectivity index (χ4n) is 6.21. The number of methoxy groups -OCH3 is 2. The Morgan fingerprint density at radius 2 is 1.42 bits per heavy atom. The van der Waals surface area contributed by atoms with E-state index in [1.54, 1.807) is 48.5 Å². The number of hydrogen-bond acceptors (Lipinski definition) is 6. The highest BCUT2D eigenvalue weighted by atomic mass is 16.5. The molecule has 4 bridgehead atoms. The highest BCUT2D eigenvalue weighted by molar-refractivity contribution is 5.99. The molecule has 0 fully saturated rings. The van der Waals surface area contributed by atoms with Gasteiger partial charge in [-0.2, -0.15) is 0 Å². The summed E-state index contributed by atoms with van der Waals surface area (Å²) >= 11 is 0. The van der Waals surface area contributed by atoms with Crippen LogP contribution in [0, 0.1) is 0 Å². The second-order valence-electron chi connectivity index (χ2n) is 12.5. The molecule has 0 radical (unpaired) electrons. The summed E-state index contributed by atoms with van der Waals surface area (Å²) in [5.74, 6) is -1.96. The van der Waals surface area contributed by atoms with Crippen LogP contribution in [0.3, 0.4) is 0 Å². The smallest absolute Gasteiger partial charge is 0.326 e. The summed E-state index contributed by atoms with van der Waals surface area (Å²) in [6.45, 7) is 3.64. The lowest BCUT2D eigenvalue weighted by Gasteiger charge is -2.30. The lowest BCUT2D eigenvalue weighted by atomic mass is 9.93. The number of rotatable bonds is 9. The second kappa shape index (κ2) is 15.7. The first kappa shape index (κ1) is 35.7. The number of carbonyl (C=O) groups is 4. The molecule has 3 N–H and O–H groups in total. The Hall–Kier alpha value is -5.64. The summed E-state index contributed by atoms with van der Waals surface area (Å²) in [7, 11) is 4.58. The molecule has 4 aromatic carbocycles. The van der Waals surface area contributed by atoms with Crippen LogP contribution in [-0.4, -0.2) is 67.0 Å². The van der Waals surface area contributed by atoms with E-state index in [9.17, 15) is 24.3 Å². The molecule has 10 nitrogen and oxygen atoms in total. The van der Waals surface area contributed by atoms with Crippen molar-refractivity contribution in [1.82, 2.24) is 15.5 Å². The number of ether oxygens (including phenoxy) is 2. The van der Waals surface area contributed by atoms with Crippen LogP contribution < -0.4 is 20.1 Å². The Labute approximate surface area is 292 Å². The lowest BCUT2D eigenvalue weighted by molar-refractivity contribution is -0.142. The molecule has 1 aliphatic rings. The second-order valence-corrected chi connectivity index (χ2v) is 12.5. The van der Waals surface area contributed by atoms with Gasteiger partial charge >= 0.3 is 5.97 Å². The maximum Gasteiger partial charge on any atom is 0.326 e. The van der Waals surface area contributed by atoms with Crippen LogP contribution in [0.4, 0.5) is 0 Å². The molecule has 1 heterocycles. The molecule has 5 rings (SSSR count). The average Bonchev–Trinajstić information content (AvgIpc) is 3.13. The first-order valence-electron chi connectivity index (χ1n) is 16.7. The molecule has 3 atom stereocenters. The van der Waals surface area contributed by atoms with Gasteiger partial charge in [0.15, 0.2) is 0 Å². The molecule has 0 spiro atoms. The van der Waals surface area contributed by atoms with Crippen LogP contribution in [0.15, 0.2) is 84.9 Å². The van der Waals surface area contributed by atoms with Gasteiger partial charge in [0, 0.05) is 30.2 Å². The number of carboxylic acid groups (broad SMARTS) is 1. The molecule has 0 aromatic heterocycles. The van der Waals surface area contributed by atoms with E-state index in [4.69, 9.17) is 9.47 Å². The number of amides is 3. The van der Waals surface area contributed by atoms with Gasteiger partial charge in [-0.05, 0) is 84.0 Å². The number of likely N-dealkylation sites (N-methyl/N-ethyl adjacent to an activating group) is 1. The minimum Gasteiger partial charge on any atom is -0.496 e. The van der Waals surface area contributed by atoms with Gasteiger partial charge in [-0.15, -0.1) is 0 Å². The zero-order chi connectivity index (χ0) is 35.9. The number of carboxylic acids is 1. The van der Waals surface area contributed by atoms with Gasteiger partial charge in [-0.1, -0.05) is 61.9 Å². The van der Waals surface area contributed by atoms with Gasteiger partial charge < -0.3 is 30.1 Å². The topological polar surface area (TPSA) is 134 Å². The molecule has 260 valence electrons. The molecular weight excluding hydrogens is 634 g/mol. The molecule has 10 heteroatoms. The predicted molar refractivity (Wildman–Crippen MR) is 191 cm³/mol. The van der Waals surface area contributed by atoms with Crippen LogP contribution in [-0.2, 0) is 27.2 Å². The van der Waals surface area contributed by atoms with Gasteiger partial charge in [-0.25, -0.2) is 4.79 Å². The highest BCUT2D eigenvalue weighted by Gasteiger charge is 2.33.